The number of hydrogen-bond acceptors (Lipinski definition) is 8. The standard InChI is InChI=1S/C21H22N6O4.H2S/c1-5-31-20(28)15-10-22-26(12-15)21-24-17-11-23-27(18(17)19(25-21)30-4)13(2)14-6-8-16(29-3)9-7-14;/h6-13H,5H2,1-4H3;1H2/t13-;/m0./s1. The average molecular weight is 457 g/mol. The molecule has 1 atom stereocenters. The molecule has 4 aromatic rings. The molecule has 0 bridgehead atoms. The fraction of sp³-hybridized carbons (Fsp3) is 0.286. The fourth-order valence-corrected chi connectivity index (χ4v) is 3.23. The first-order chi connectivity index (χ1) is 15.0. The molecule has 4 rings (SSSR count). The van der Waals surface area contributed by atoms with Crippen LogP contribution in [-0.4, -0.2) is 56.3 Å². The number of carbonyl (C=O) groups is 1. The Morgan fingerprint density at radius 1 is 1.06 bits per heavy atom. The lowest BCUT2D eigenvalue weighted by Crippen LogP contribution is -2.10. The maximum absolute atomic E-state index is 11.9. The maximum atomic E-state index is 11.9. The smallest absolute Gasteiger partial charge is 0.341 e. The highest BCUT2D eigenvalue weighted by Gasteiger charge is 2.20. The number of nitrogens with zero attached hydrogens (tertiary/aromatic N) is 6. The molecule has 32 heavy (non-hydrogen) atoms. The van der Waals surface area contributed by atoms with Gasteiger partial charge in [0, 0.05) is 6.20 Å². The van der Waals surface area contributed by atoms with Gasteiger partial charge in [0.25, 0.3) is 5.95 Å². The van der Waals surface area contributed by atoms with Crippen molar-refractivity contribution < 1.29 is 19.0 Å². The van der Waals surface area contributed by atoms with Crippen LogP contribution >= 0.6 is 13.5 Å². The van der Waals surface area contributed by atoms with Gasteiger partial charge in [-0.05, 0) is 31.5 Å². The van der Waals surface area contributed by atoms with Crippen LogP contribution in [0.5, 0.6) is 11.6 Å². The molecule has 0 saturated carbocycles. The normalized spacial score (nSPS) is 11.6. The van der Waals surface area contributed by atoms with E-state index in [1.807, 2.05) is 35.9 Å². The van der Waals surface area contributed by atoms with Crippen molar-refractivity contribution in [3.63, 3.8) is 0 Å². The predicted octanol–water partition coefficient (Wildman–Crippen LogP) is 2.93. The zero-order chi connectivity index (χ0) is 22.0. The van der Waals surface area contributed by atoms with Crippen molar-refractivity contribution in [3.05, 3.63) is 54.0 Å². The van der Waals surface area contributed by atoms with Gasteiger partial charge < -0.3 is 14.2 Å². The van der Waals surface area contributed by atoms with E-state index in [0.717, 1.165) is 11.3 Å². The first kappa shape index (κ1) is 23.1. The molecule has 3 heterocycles. The second kappa shape index (κ2) is 9.69. The van der Waals surface area contributed by atoms with E-state index in [0.29, 0.717) is 22.5 Å². The average Bonchev–Trinajstić information content (AvgIpc) is 3.46. The molecule has 11 heteroatoms. The van der Waals surface area contributed by atoms with E-state index in [-0.39, 0.29) is 32.1 Å². The zero-order valence-electron chi connectivity index (χ0n) is 18.1. The zero-order valence-corrected chi connectivity index (χ0v) is 19.1. The minimum Gasteiger partial charge on any atom is -0.497 e. The van der Waals surface area contributed by atoms with Crippen LogP contribution in [0.1, 0.15) is 35.8 Å². The Bertz CT molecular complexity index is 1220. The third-order valence-corrected chi connectivity index (χ3v) is 4.86. The van der Waals surface area contributed by atoms with Crippen LogP contribution < -0.4 is 9.47 Å². The molecule has 0 fully saturated rings. The Balaban J connectivity index is 0.00000289. The van der Waals surface area contributed by atoms with E-state index >= 15 is 0 Å². The van der Waals surface area contributed by atoms with Crippen LogP contribution in [0.3, 0.4) is 0 Å². The van der Waals surface area contributed by atoms with Crippen LogP contribution in [-0.2, 0) is 4.74 Å². The Morgan fingerprint density at radius 3 is 2.47 bits per heavy atom. The van der Waals surface area contributed by atoms with Crippen molar-refractivity contribution in [1.29, 1.82) is 0 Å². The Morgan fingerprint density at radius 2 is 1.81 bits per heavy atom. The summed E-state index contributed by atoms with van der Waals surface area (Å²) < 4.78 is 19.0. The fourth-order valence-electron chi connectivity index (χ4n) is 3.23. The van der Waals surface area contributed by atoms with Gasteiger partial charge in [-0.3, -0.25) is 4.68 Å². The molecule has 0 aliphatic heterocycles. The van der Waals surface area contributed by atoms with Gasteiger partial charge in [-0.1, -0.05) is 12.1 Å². The molecule has 0 radical (unpaired) electrons. The molecule has 0 saturated heterocycles. The second-order valence-electron chi connectivity index (χ2n) is 6.70. The van der Waals surface area contributed by atoms with Crippen LogP contribution in [0.25, 0.3) is 17.0 Å². The molecule has 1 aromatic carbocycles. The number of rotatable bonds is 7. The molecule has 3 aromatic heterocycles. The summed E-state index contributed by atoms with van der Waals surface area (Å²) >= 11 is 0. The number of aromatic nitrogens is 6. The number of methoxy groups -OCH3 is 2. The molecule has 10 nitrogen and oxygen atoms in total. The molecule has 0 N–H and O–H groups in total. The molecule has 0 aliphatic rings. The lowest BCUT2D eigenvalue weighted by Gasteiger charge is -2.15. The first-order valence-electron chi connectivity index (χ1n) is 9.71. The number of carbonyl (C=O) groups excluding carboxylic acids is 1. The highest BCUT2D eigenvalue weighted by molar-refractivity contribution is 7.59. The molecule has 0 spiro atoms. The SMILES string of the molecule is CCOC(=O)c1cnn(-c2nc(OC)c3c(cnn3[C@@H](C)c3ccc(OC)cc3)n2)c1.S. The maximum Gasteiger partial charge on any atom is 0.341 e. The van der Waals surface area contributed by atoms with Crippen LogP contribution in [0, 0.1) is 0 Å². The molecule has 0 amide bonds. The lowest BCUT2D eigenvalue weighted by molar-refractivity contribution is 0.0526. The highest BCUT2D eigenvalue weighted by atomic mass is 32.1. The van der Waals surface area contributed by atoms with Gasteiger partial charge >= 0.3 is 5.97 Å². The van der Waals surface area contributed by atoms with Gasteiger partial charge in [-0.2, -0.15) is 28.7 Å². The van der Waals surface area contributed by atoms with Gasteiger partial charge in [0.1, 0.15) is 16.8 Å². The van der Waals surface area contributed by atoms with Gasteiger partial charge in [-0.15, -0.1) is 0 Å². The molecular formula is C21H24N6O4S. The highest BCUT2D eigenvalue weighted by Crippen LogP contribution is 2.29. The topological polar surface area (TPSA) is 106 Å². The third-order valence-electron chi connectivity index (χ3n) is 4.86. The predicted molar refractivity (Wildman–Crippen MR) is 122 cm³/mol. The van der Waals surface area contributed by atoms with E-state index in [1.54, 1.807) is 20.2 Å². The van der Waals surface area contributed by atoms with Crippen molar-refractivity contribution in [3.8, 4) is 17.6 Å². The molecule has 168 valence electrons. The van der Waals surface area contributed by atoms with Crippen molar-refractivity contribution in [2.75, 3.05) is 20.8 Å². The lowest BCUT2D eigenvalue weighted by atomic mass is 10.1. The van der Waals surface area contributed by atoms with Gasteiger partial charge in [-0.25, -0.2) is 14.5 Å². The van der Waals surface area contributed by atoms with Crippen LogP contribution in [0.2, 0.25) is 0 Å². The number of esters is 1. The van der Waals surface area contributed by atoms with Crippen molar-refractivity contribution in [2.45, 2.75) is 19.9 Å². The van der Waals surface area contributed by atoms with E-state index in [2.05, 4.69) is 20.2 Å². The molecule has 0 aliphatic carbocycles. The van der Waals surface area contributed by atoms with Crippen molar-refractivity contribution in [2.24, 2.45) is 0 Å². The summed E-state index contributed by atoms with van der Waals surface area (Å²) in [6.07, 6.45) is 4.58. The summed E-state index contributed by atoms with van der Waals surface area (Å²) in [6, 6.07) is 7.69. The van der Waals surface area contributed by atoms with Gasteiger partial charge in [0.2, 0.25) is 5.88 Å². The van der Waals surface area contributed by atoms with E-state index in [9.17, 15) is 4.79 Å². The summed E-state index contributed by atoms with van der Waals surface area (Å²) in [7, 11) is 3.17. The Labute approximate surface area is 191 Å². The quantitative estimate of drug-likeness (QED) is 0.391. The number of benzene rings is 1. The summed E-state index contributed by atoms with van der Waals surface area (Å²) in [4.78, 5) is 20.9. The number of hydrogen-bond donors (Lipinski definition) is 0. The van der Waals surface area contributed by atoms with E-state index in [4.69, 9.17) is 14.2 Å². The van der Waals surface area contributed by atoms with Crippen LogP contribution in [0.4, 0.5) is 0 Å². The second-order valence-corrected chi connectivity index (χ2v) is 6.70. The molecular weight excluding hydrogens is 432 g/mol. The number of ether oxygens (including phenoxy) is 3. The van der Waals surface area contributed by atoms with E-state index < -0.39 is 5.97 Å². The van der Waals surface area contributed by atoms with Gasteiger partial charge in [0.15, 0.2) is 0 Å². The minimum atomic E-state index is -0.456. The Hall–Kier alpha value is -3.60. The van der Waals surface area contributed by atoms with Crippen molar-refractivity contribution >= 4 is 30.5 Å². The van der Waals surface area contributed by atoms with E-state index in [1.165, 1.54) is 24.2 Å². The summed E-state index contributed by atoms with van der Waals surface area (Å²) in [5.74, 6) is 0.943. The third kappa shape index (κ3) is 4.24. The monoisotopic (exact) mass is 456 g/mol. The Kier molecular flexibility index (Phi) is 6.98. The first-order valence-corrected chi connectivity index (χ1v) is 9.71. The summed E-state index contributed by atoms with van der Waals surface area (Å²) in [6.45, 7) is 4.06. The largest absolute Gasteiger partial charge is 0.497 e. The molecule has 0 unspecified atom stereocenters. The summed E-state index contributed by atoms with van der Waals surface area (Å²) in [5, 5.41) is 8.69. The minimum absolute atomic E-state index is 0. The number of fused-ring (bicyclic) bond motifs is 1. The van der Waals surface area contributed by atoms with Crippen LogP contribution in [0.15, 0.2) is 42.9 Å². The van der Waals surface area contributed by atoms with Crippen molar-refractivity contribution in [1.82, 2.24) is 29.5 Å². The van der Waals surface area contributed by atoms with Gasteiger partial charge in [0.05, 0.1) is 44.8 Å². The summed E-state index contributed by atoms with van der Waals surface area (Å²) in [5.41, 5.74) is 2.61.